The fraction of sp³-hybridized carbons (Fsp3) is 0.333. The SMILES string of the molecule is COC(=O)c1ccc(S(=O)(=O)N[C@H](C)C(=O)O)s1. The van der Waals surface area contributed by atoms with Crippen LogP contribution in [0.4, 0.5) is 0 Å². The smallest absolute Gasteiger partial charge is 0.348 e. The molecule has 1 heterocycles. The first-order valence-electron chi connectivity index (χ1n) is 4.71. The van der Waals surface area contributed by atoms with Gasteiger partial charge in [-0.1, -0.05) is 0 Å². The van der Waals surface area contributed by atoms with Gasteiger partial charge in [0.25, 0.3) is 10.0 Å². The maximum Gasteiger partial charge on any atom is 0.348 e. The number of carbonyl (C=O) groups is 2. The third-order valence-corrected chi connectivity index (χ3v) is 5.03. The Kier molecular flexibility index (Phi) is 4.43. The van der Waals surface area contributed by atoms with Gasteiger partial charge in [0.2, 0.25) is 0 Å². The van der Waals surface area contributed by atoms with Crippen LogP contribution in [0, 0.1) is 0 Å². The Hall–Kier alpha value is -1.45. The fourth-order valence-corrected chi connectivity index (χ4v) is 3.45. The zero-order valence-corrected chi connectivity index (χ0v) is 11.2. The summed E-state index contributed by atoms with van der Waals surface area (Å²) in [4.78, 5) is 21.9. The highest BCUT2D eigenvalue weighted by Gasteiger charge is 2.24. The number of esters is 1. The van der Waals surface area contributed by atoms with Crippen molar-refractivity contribution in [3.05, 3.63) is 17.0 Å². The quantitative estimate of drug-likeness (QED) is 0.755. The molecule has 1 aromatic rings. The minimum atomic E-state index is -3.95. The number of thiophene rings is 1. The number of hydrogen-bond donors (Lipinski definition) is 2. The Morgan fingerprint density at radius 3 is 2.56 bits per heavy atom. The topological polar surface area (TPSA) is 110 Å². The van der Waals surface area contributed by atoms with Crippen molar-refractivity contribution in [2.24, 2.45) is 0 Å². The number of aliphatic carboxylic acids is 1. The van der Waals surface area contributed by atoms with E-state index in [2.05, 4.69) is 4.74 Å². The van der Waals surface area contributed by atoms with E-state index < -0.39 is 28.0 Å². The van der Waals surface area contributed by atoms with Crippen molar-refractivity contribution in [2.75, 3.05) is 7.11 Å². The van der Waals surface area contributed by atoms with Crippen LogP contribution < -0.4 is 4.72 Å². The Labute approximate surface area is 107 Å². The fourth-order valence-electron chi connectivity index (χ4n) is 1.02. The number of nitrogens with one attached hydrogen (secondary N) is 1. The Bertz CT molecular complexity index is 561. The Morgan fingerprint density at radius 2 is 2.06 bits per heavy atom. The van der Waals surface area contributed by atoms with Crippen LogP contribution in [0.1, 0.15) is 16.6 Å². The molecule has 0 saturated carbocycles. The summed E-state index contributed by atoms with van der Waals surface area (Å²) in [7, 11) is -2.76. The van der Waals surface area contributed by atoms with Crippen molar-refractivity contribution >= 4 is 33.3 Å². The van der Waals surface area contributed by atoms with Crippen LogP contribution >= 0.6 is 11.3 Å². The summed E-state index contributed by atoms with van der Waals surface area (Å²) in [6, 6.07) is 1.27. The minimum Gasteiger partial charge on any atom is -0.480 e. The number of carbonyl (C=O) groups excluding carboxylic acids is 1. The van der Waals surface area contributed by atoms with Gasteiger partial charge in [0, 0.05) is 0 Å². The van der Waals surface area contributed by atoms with Gasteiger partial charge in [-0.3, -0.25) is 4.79 Å². The summed E-state index contributed by atoms with van der Waals surface area (Å²) in [5, 5.41) is 8.63. The van der Waals surface area contributed by atoms with E-state index >= 15 is 0 Å². The summed E-state index contributed by atoms with van der Waals surface area (Å²) in [6.45, 7) is 1.20. The zero-order valence-electron chi connectivity index (χ0n) is 9.54. The summed E-state index contributed by atoms with van der Waals surface area (Å²) < 4.78 is 29.8. The van der Waals surface area contributed by atoms with Gasteiger partial charge < -0.3 is 9.84 Å². The molecule has 9 heteroatoms. The first-order chi connectivity index (χ1) is 8.27. The van der Waals surface area contributed by atoms with Crippen molar-refractivity contribution in [2.45, 2.75) is 17.2 Å². The molecule has 1 atom stereocenters. The van der Waals surface area contributed by atoms with E-state index in [-0.39, 0.29) is 9.09 Å². The van der Waals surface area contributed by atoms with Crippen LogP contribution in [-0.2, 0) is 19.6 Å². The van der Waals surface area contributed by atoms with Gasteiger partial charge in [0.05, 0.1) is 7.11 Å². The molecule has 0 fully saturated rings. The van der Waals surface area contributed by atoms with Crippen LogP contribution in [-0.4, -0.2) is 38.6 Å². The van der Waals surface area contributed by atoms with Gasteiger partial charge in [0.15, 0.2) is 0 Å². The second-order valence-electron chi connectivity index (χ2n) is 3.29. The predicted octanol–water partition coefficient (Wildman–Crippen LogP) is 0.286. The lowest BCUT2D eigenvalue weighted by Crippen LogP contribution is -2.37. The van der Waals surface area contributed by atoms with E-state index in [1.54, 1.807) is 0 Å². The van der Waals surface area contributed by atoms with E-state index in [0.717, 1.165) is 0 Å². The second-order valence-corrected chi connectivity index (χ2v) is 6.32. The molecule has 0 aliphatic carbocycles. The molecule has 2 N–H and O–H groups in total. The van der Waals surface area contributed by atoms with Crippen LogP contribution in [0.2, 0.25) is 0 Å². The number of hydrogen-bond acceptors (Lipinski definition) is 6. The van der Waals surface area contributed by atoms with Crippen LogP contribution in [0.5, 0.6) is 0 Å². The maximum atomic E-state index is 11.8. The molecule has 0 bridgehead atoms. The van der Waals surface area contributed by atoms with Crippen molar-refractivity contribution in [3.8, 4) is 0 Å². The molecular weight excluding hydrogens is 282 g/mol. The van der Waals surface area contributed by atoms with Gasteiger partial charge in [-0.15, -0.1) is 11.3 Å². The highest BCUT2D eigenvalue weighted by Crippen LogP contribution is 2.22. The van der Waals surface area contributed by atoms with Gasteiger partial charge in [-0.05, 0) is 19.1 Å². The highest BCUT2D eigenvalue weighted by atomic mass is 32.2. The van der Waals surface area contributed by atoms with Gasteiger partial charge in [-0.25, -0.2) is 13.2 Å². The van der Waals surface area contributed by atoms with Crippen LogP contribution in [0.25, 0.3) is 0 Å². The standard InChI is InChI=1S/C9H11NO6S2/c1-5(8(11)12)10-18(14,15)7-4-3-6(17-7)9(13)16-2/h3-5,10H,1-2H3,(H,11,12)/t5-/m1/s1. The van der Waals surface area contributed by atoms with E-state index in [1.165, 1.54) is 26.2 Å². The Morgan fingerprint density at radius 1 is 1.44 bits per heavy atom. The third kappa shape index (κ3) is 3.28. The van der Waals surface area contributed by atoms with Crippen molar-refractivity contribution < 1.29 is 27.9 Å². The van der Waals surface area contributed by atoms with E-state index in [1.807, 2.05) is 4.72 Å². The predicted molar refractivity (Wildman–Crippen MR) is 63.1 cm³/mol. The maximum absolute atomic E-state index is 11.8. The molecular formula is C9H11NO6S2. The molecule has 0 aliphatic heterocycles. The monoisotopic (exact) mass is 293 g/mol. The summed E-state index contributed by atoms with van der Waals surface area (Å²) in [5.74, 6) is -1.93. The lowest BCUT2D eigenvalue weighted by atomic mass is 10.4. The molecule has 100 valence electrons. The number of carboxylic acid groups (broad SMARTS) is 1. The van der Waals surface area contributed by atoms with Crippen LogP contribution in [0.15, 0.2) is 16.3 Å². The molecule has 1 rings (SSSR count). The summed E-state index contributed by atoms with van der Waals surface area (Å²) in [6.07, 6.45) is 0. The third-order valence-electron chi connectivity index (χ3n) is 1.94. The van der Waals surface area contributed by atoms with Crippen molar-refractivity contribution in [1.29, 1.82) is 0 Å². The molecule has 0 spiro atoms. The highest BCUT2D eigenvalue weighted by molar-refractivity contribution is 7.91. The normalized spacial score (nSPS) is 13.0. The molecule has 7 nitrogen and oxygen atoms in total. The first kappa shape index (κ1) is 14.6. The largest absolute Gasteiger partial charge is 0.480 e. The van der Waals surface area contributed by atoms with Crippen molar-refractivity contribution in [3.63, 3.8) is 0 Å². The number of sulfonamides is 1. The number of ether oxygens (including phenoxy) is 1. The van der Waals surface area contributed by atoms with Gasteiger partial charge >= 0.3 is 11.9 Å². The molecule has 0 aromatic carbocycles. The molecule has 0 aliphatic rings. The summed E-state index contributed by atoms with van der Waals surface area (Å²) >= 11 is 0.708. The number of rotatable bonds is 5. The van der Waals surface area contributed by atoms with Gasteiger partial charge in [-0.2, -0.15) is 4.72 Å². The average Bonchev–Trinajstić information content (AvgIpc) is 2.77. The zero-order chi connectivity index (χ0) is 13.9. The molecule has 0 radical (unpaired) electrons. The Balaban J connectivity index is 2.96. The molecule has 0 unspecified atom stereocenters. The lowest BCUT2D eigenvalue weighted by Gasteiger charge is -2.08. The van der Waals surface area contributed by atoms with E-state index in [0.29, 0.717) is 11.3 Å². The summed E-state index contributed by atoms with van der Waals surface area (Å²) in [5.41, 5.74) is 0. The lowest BCUT2D eigenvalue weighted by molar-refractivity contribution is -0.138. The molecule has 0 saturated heterocycles. The number of carboxylic acids is 1. The molecule has 18 heavy (non-hydrogen) atoms. The van der Waals surface area contributed by atoms with Crippen molar-refractivity contribution in [1.82, 2.24) is 4.72 Å². The minimum absolute atomic E-state index is 0.126. The number of methoxy groups -OCH3 is 1. The van der Waals surface area contributed by atoms with Gasteiger partial charge in [0.1, 0.15) is 15.1 Å². The average molecular weight is 293 g/mol. The molecule has 0 amide bonds. The van der Waals surface area contributed by atoms with Crippen LogP contribution in [0.3, 0.4) is 0 Å². The van der Waals surface area contributed by atoms with E-state index in [4.69, 9.17) is 5.11 Å². The second kappa shape index (κ2) is 5.46. The molecule has 1 aromatic heterocycles. The van der Waals surface area contributed by atoms with E-state index in [9.17, 15) is 18.0 Å². The first-order valence-corrected chi connectivity index (χ1v) is 7.01.